The normalized spacial score (nSPS) is 10.8. The summed E-state index contributed by atoms with van der Waals surface area (Å²) in [6, 6.07) is 21.0. The number of carbonyl (C=O) groups excluding carboxylic acids is 1. The number of benzene rings is 2. The number of aromatic nitrogens is 2. The summed E-state index contributed by atoms with van der Waals surface area (Å²) in [7, 11) is 0. The van der Waals surface area contributed by atoms with Gasteiger partial charge < -0.3 is 9.73 Å². The highest BCUT2D eigenvalue weighted by Gasteiger charge is 2.13. The summed E-state index contributed by atoms with van der Waals surface area (Å²) >= 11 is 0. The summed E-state index contributed by atoms with van der Waals surface area (Å²) < 4.78 is 6.46. The van der Waals surface area contributed by atoms with Crippen LogP contribution in [0.2, 0.25) is 0 Å². The Morgan fingerprint density at radius 1 is 0.966 bits per heavy atom. The predicted octanol–water partition coefficient (Wildman–Crippen LogP) is 2.45. The van der Waals surface area contributed by atoms with Crippen molar-refractivity contribution in [3.05, 3.63) is 99.1 Å². The van der Waals surface area contributed by atoms with Gasteiger partial charge in [-0.15, -0.1) is 0 Å². The van der Waals surface area contributed by atoms with Crippen LogP contribution in [0.4, 0.5) is 0 Å². The number of para-hydroxylation sites is 1. The minimum atomic E-state index is -0.706. The summed E-state index contributed by atoms with van der Waals surface area (Å²) in [6.07, 6.45) is 0. The standard InChI is InChI=1S/C22H17N3O4/c26-20-11-10-18(15-6-2-1-3-7-15)24-25(20)13-12-23-21(27)17-14-16-8-4-5-9-19(16)29-22(17)28/h1-11,14H,12-13H2,(H,23,27). The molecule has 1 N–H and O–H groups in total. The van der Waals surface area contributed by atoms with E-state index >= 15 is 0 Å². The first kappa shape index (κ1) is 18.4. The van der Waals surface area contributed by atoms with Gasteiger partial charge in [-0.1, -0.05) is 48.5 Å². The van der Waals surface area contributed by atoms with E-state index in [-0.39, 0.29) is 24.2 Å². The van der Waals surface area contributed by atoms with Crippen LogP contribution in [-0.2, 0) is 6.54 Å². The van der Waals surface area contributed by atoms with Gasteiger partial charge in [0.15, 0.2) is 0 Å². The van der Waals surface area contributed by atoms with Crippen LogP contribution in [0.1, 0.15) is 10.4 Å². The number of nitrogens with one attached hydrogen (secondary N) is 1. The monoisotopic (exact) mass is 387 g/mol. The molecule has 144 valence electrons. The van der Waals surface area contributed by atoms with Crippen molar-refractivity contribution < 1.29 is 9.21 Å². The SMILES string of the molecule is O=C(NCCn1nc(-c2ccccc2)ccc1=O)c1cc2ccccc2oc1=O. The zero-order valence-corrected chi connectivity index (χ0v) is 15.4. The lowest BCUT2D eigenvalue weighted by Gasteiger charge is -2.08. The smallest absolute Gasteiger partial charge is 0.349 e. The molecule has 0 aliphatic heterocycles. The Bertz CT molecular complexity index is 1290. The van der Waals surface area contributed by atoms with Gasteiger partial charge >= 0.3 is 5.63 Å². The molecule has 0 atom stereocenters. The number of amides is 1. The highest BCUT2D eigenvalue weighted by atomic mass is 16.4. The van der Waals surface area contributed by atoms with E-state index in [1.807, 2.05) is 30.3 Å². The van der Waals surface area contributed by atoms with Crippen molar-refractivity contribution in [1.82, 2.24) is 15.1 Å². The van der Waals surface area contributed by atoms with Crippen molar-refractivity contribution in [2.24, 2.45) is 0 Å². The van der Waals surface area contributed by atoms with Gasteiger partial charge in [-0.25, -0.2) is 9.48 Å². The van der Waals surface area contributed by atoms with Crippen molar-refractivity contribution in [1.29, 1.82) is 0 Å². The molecule has 2 aromatic carbocycles. The van der Waals surface area contributed by atoms with E-state index in [1.165, 1.54) is 16.8 Å². The first-order valence-electron chi connectivity index (χ1n) is 9.06. The van der Waals surface area contributed by atoms with E-state index in [0.29, 0.717) is 16.7 Å². The lowest BCUT2D eigenvalue weighted by Crippen LogP contribution is -2.33. The minimum Gasteiger partial charge on any atom is -0.422 e. The fourth-order valence-electron chi connectivity index (χ4n) is 2.96. The second-order valence-corrected chi connectivity index (χ2v) is 6.39. The number of hydrogen-bond acceptors (Lipinski definition) is 5. The van der Waals surface area contributed by atoms with E-state index in [0.717, 1.165) is 5.56 Å². The van der Waals surface area contributed by atoms with Gasteiger partial charge in [-0.3, -0.25) is 9.59 Å². The Balaban J connectivity index is 1.48. The van der Waals surface area contributed by atoms with Crippen LogP contribution in [0.3, 0.4) is 0 Å². The zero-order chi connectivity index (χ0) is 20.2. The first-order chi connectivity index (χ1) is 14.1. The molecule has 0 unspecified atom stereocenters. The Morgan fingerprint density at radius 3 is 2.55 bits per heavy atom. The molecule has 29 heavy (non-hydrogen) atoms. The fourth-order valence-corrected chi connectivity index (χ4v) is 2.96. The largest absolute Gasteiger partial charge is 0.422 e. The molecule has 0 bridgehead atoms. The predicted molar refractivity (Wildman–Crippen MR) is 109 cm³/mol. The summed E-state index contributed by atoms with van der Waals surface area (Å²) in [5.74, 6) is -0.559. The van der Waals surface area contributed by atoms with Gasteiger partial charge in [0.2, 0.25) is 0 Å². The second-order valence-electron chi connectivity index (χ2n) is 6.39. The van der Waals surface area contributed by atoms with Gasteiger partial charge in [0.05, 0.1) is 12.2 Å². The van der Waals surface area contributed by atoms with Gasteiger partial charge in [-0.05, 0) is 18.2 Å². The van der Waals surface area contributed by atoms with E-state index in [1.54, 1.807) is 30.3 Å². The summed E-state index contributed by atoms with van der Waals surface area (Å²) in [6.45, 7) is 0.306. The maximum atomic E-state index is 12.4. The average Bonchev–Trinajstić information content (AvgIpc) is 2.75. The molecule has 0 aliphatic rings. The third-order valence-corrected chi connectivity index (χ3v) is 4.43. The molecule has 2 heterocycles. The molecule has 4 rings (SSSR count). The molecule has 7 nitrogen and oxygen atoms in total. The topological polar surface area (TPSA) is 94.2 Å². The average molecular weight is 387 g/mol. The van der Waals surface area contributed by atoms with Crippen molar-refractivity contribution in [3.63, 3.8) is 0 Å². The second kappa shape index (κ2) is 7.93. The zero-order valence-electron chi connectivity index (χ0n) is 15.4. The molecule has 0 radical (unpaired) electrons. The van der Waals surface area contributed by atoms with Crippen LogP contribution < -0.4 is 16.5 Å². The quantitative estimate of drug-likeness (QED) is 0.531. The lowest BCUT2D eigenvalue weighted by molar-refractivity contribution is 0.0948. The molecule has 0 fully saturated rings. The number of carbonyl (C=O) groups is 1. The van der Waals surface area contributed by atoms with E-state index in [9.17, 15) is 14.4 Å². The molecular weight excluding hydrogens is 370 g/mol. The molecular formula is C22H17N3O4. The van der Waals surface area contributed by atoms with E-state index < -0.39 is 11.5 Å². The highest BCUT2D eigenvalue weighted by Crippen LogP contribution is 2.14. The van der Waals surface area contributed by atoms with E-state index in [4.69, 9.17) is 4.42 Å². The maximum absolute atomic E-state index is 12.4. The van der Waals surface area contributed by atoms with E-state index in [2.05, 4.69) is 10.4 Å². The molecule has 0 aliphatic carbocycles. The van der Waals surface area contributed by atoms with Gasteiger partial charge in [0.25, 0.3) is 11.5 Å². The Kier molecular flexibility index (Phi) is 5.03. The van der Waals surface area contributed by atoms with Crippen LogP contribution >= 0.6 is 0 Å². The lowest BCUT2D eigenvalue weighted by atomic mass is 10.1. The summed E-state index contributed by atoms with van der Waals surface area (Å²) in [4.78, 5) is 36.5. The van der Waals surface area contributed by atoms with Gasteiger partial charge in [-0.2, -0.15) is 5.10 Å². The summed E-state index contributed by atoms with van der Waals surface area (Å²) in [5.41, 5.74) is 0.905. The molecule has 1 amide bonds. The summed E-state index contributed by atoms with van der Waals surface area (Å²) in [5, 5.41) is 7.64. The molecule has 0 saturated heterocycles. The van der Waals surface area contributed by atoms with Gasteiger partial charge in [0.1, 0.15) is 11.1 Å². The Morgan fingerprint density at radius 2 is 1.72 bits per heavy atom. The number of hydrogen-bond donors (Lipinski definition) is 1. The van der Waals surface area contributed by atoms with Crippen molar-refractivity contribution in [3.8, 4) is 11.3 Å². The van der Waals surface area contributed by atoms with Crippen LogP contribution in [0.15, 0.2) is 86.8 Å². The third-order valence-electron chi connectivity index (χ3n) is 4.43. The Labute approximate surface area is 165 Å². The van der Waals surface area contributed by atoms with Crippen molar-refractivity contribution in [2.45, 2.75) is 6.54 Å². The number of fused-ring (bicyclic) bond motifs is 1. The van der Waals surface area contributed by atoms with Gasteiger partial charge in [0, 0.05) is 23.6 Å². The molecule has 4 aromatic rings. The van der Waals surface area contributed by atoms with Crippen LogP contribution in [0, 0.1) is 0 Å². The van der Waals surface area contributed by atoms with Crippen LogP contribution in [0.25, 0.3) is 22.2 Å². The Hall–Kier alpha value is -4.00. The first-order valence-corrected chi connectivity index (χ1v) is 9.06. The molecule has 7 heteroatoms. The van der Waals surface area contributed by atoms with Crippen molar-refractivity contribution in [2.75, 3.05) is 6.54 Å². The van der Waals surface area contributed by atoms with Crippen LogP contribution in [-0.4, -0.2) is 22.2 Å². The molecule has 0 saturated carbocycles. The fraction of sp³-hybridized carbons (Fsp3) is 0.0909. The maximum Gasteiger partial charge on any atom is 0.349 e. The highest BCUT2D eigenvalue weighted by molar-refractivity contribution is 5.96. The molecule has 2 aromatic heterocycles. The van der Waals surface area contributed by atoms with Crippen LogP contribution in [0.5, 0.6) is 0 Å². The third kappa shape index (κ3) is 3.98. The van der Waals surface area contributed by atoms with Crippen molar-refractivity contribution >= 4 is 16.9 Å². The number of rotatable bonds is 5. The molecule has 0 spiro atoms. The number of nitrogens with zero attached hydrogens (tertiary/aromatic N) is 2. The minimum absolute atomic E-state index is 0.0814.